The minimum absolute atomic E-state index is 0. The van der Waals surface area contributed by atoms with Crippen molar-refractivity contribution < 1.29 is 76.0 Å². The van der Waals surface area contributed by atoms with Crippen LogP contribution >= 0.6 is 0 Å². The normalized spacial score (nSPS) is 11.2. The van der Waals surface area contributed by atoms with Gasteiger partial charge in [-0.2, -0.15) is 0 Å². The van der Waals surface area contributed by atoms with Crippen molar-refractivity contribution in [3.05, 3.63) is 0 Å². The Morgan fingerprint density at radius 2 is 0.923 bits per heavy atom. The molecule has 6 nitrogen and oxygen atoms in total. The molecule has 0 saturated carbocycles. The maximum Gasteiger partial charge on any atom is 0.305 e. The Hall–Kier alpha value is 0.320. The van der Waals surface area contributed by atoms with E-state index in [9.17, 15) is 9.59 Å². The van der Waals surface area contributed by atoms with Crippen LogP contribution in [0.25, 0.3) is 0 Å². The number of carbonyl (C=O) groups excluding carboxylic acids is 2. The van der Waals surface area contributed by atoms with Gasteiger partial charge in [-0.1, -0.05) is 12.8 Å². The van der Waals surface area contributed by atoms with Crippen LogP contribution in [0, 0.1) is 0 Å². The van der Waals surface area contributed by atoms with E-state index >= 15 is 0 Å². The smallest absolute Gasteiger partial charge is 0.305 e. The molecule has 0 aliphatic heterocycles. The second-order valence-corrected chi connectivity index (χ2v) is 8.38. The molecule has 26 heavy (non-hydrogen) atoms. The SMILES string of the molecule is C[N+](C)(C)CCOC(=O)CCCCCCC(=O)OCC[N+](C)(C)C.[I-].[I-]. The van der Waals surface area contributed by atoms with Crippen molar-refractivity contribution in [2.75, 3.05) is 68.6 Å². The summed E-state index contributed by atoms with van der Waals surface area (Å²) in [6, 6.07) is 0. The summed E-state index contributed by atoms with van der Waals surface area (Å²) in [6.07, 6.45) is 4.45. The van der Waals surface area contributed by atoms with Gasteiger partial charge in [0.05, 0.1) is 42.3 Å². The molecule has 0 unspecified atom stereocenters. The highest BCUT2D eigenvalue weighted by Crippen LogP contribution is 2.07. The Labute approximate surface area is 194 Å². The van der Waals surface area contributed by atoms with Gasteiger partial charge in [0.1, 0.15) is 26.3 Å². The van der Waals surface area contributed by atoms with E-state index in [0.717, 1.165) is 47.7 Å². The van der Waals surface area contributed by atoms with Gasteiger partial charge >= 0.3 is 11.9 Å². The lowest BCUT2D eigenvalue weighted by molar-refractivity contribution is -0.870. The second kappa shape index (κ2) is 16.3. The summed E-state index contributed by atoms with van der Waals surface area (Å²) >= 11 is 0. The summed E-state index contributed by atoms with van der Waals surface area (Å²) in [7, 11) is 12.4. The molecular weight excluding hydrogens is 562 g/mol. The van der Waals surface area contributed by atoms with Crippen LogP contribution in [0.5, 0.6) is 0 Å². The van der Waals surface area contributed by atoms with Crippen molar-refractivity contribution in [2.45, 2.75) is 38.5 Å². The van der Waals surface area contributed by atoms with Gasteiger partial charge in [0, 0.05) is 12.8 Å². The molecule has 0 aliphatic rings. The Morgan fingerprint density at radius 1 is 0.615 bits per heavy atom. The van der Waals surface area contributed by atoms with Gasteiger partial charge in [-0.15, -0.1) is 0 Å². The first-order valence-electron chi connectivity index (χ1n) is 8.92. The molecule has 158 valence electrons. The fourth-order valence-corrected chi connectivity index (χ4v) is 1.90. The average Bonchev–Trinajstić information content (AvgIpc) is 2.39. The standard InChI is InChI=1S/C18H38N2O4.2HI/c1-19(2,3)13-15-23-17(21)11-9-7-8-10-12-18(22)24-16-14-20(4,5)6;;/h7-16H2,1-6H3;2*1H/q+2;;/p-2. The van der Waals surface area contributed by atoms with Gasteiger partial charge < -0.3 is 66.4 Å². The number of hydrogen-bond acceptors (Lipinski definition) is 4. The summed E-state index contributed by atoms with van der Waals surface area (Å²) < 4.78 is 12.0. The molecule has 0 bridgehead atoms. The molecule has 8 heteroatoms. The van der Waals surface area contributed by atoms with E-state index in [1.54, 1.807) is 0 Å². The first-order valence-corrected chi connectivity index (χ1v) is 8.92. The van der Waals surface area contributed by atoms with Crippen LogP contribution < -0.4 is 48.0 Å². The van der Waals surface area contributed by atoms with E-state index in [1.807, 2.05) is 0 Å². The Bertz CT molecular complexity index is 344. The number of hydrogen-bond donors (Lipinski definition) is 0. The molecule has 0 radical (unpaired) electrons. The molecule has 0 rings (SSSR count). The predicted octanol–water partition coefficient (Wildman–Crippen LogP) is -4.17. The summed E-state index contributed by atoms with van der Waals surface area (Å²) in [5, 5.41) is 0. The zero-order valence-corrected chi connectivity index (χ0v) is 21.7. The van der Waals surface area contributed by atoms with E-state index in [2.05, 4.69) is 42.3 Å². The van der Waals surface area contributed by atoms with Gasteiger partial charge in [-0.25, -0.2) is 0 Å². The molecule has 0 saturated heterocycles. The maximum absolute atomic E-state index is 11.6. The van der Waals surface area contributed by atoms with Gasteiger partial charge in [0.2, 0.25) is 0 Å². The second-order valence-electron chi connectivity index (χ2n) is 8.38. The number of carbonyl (C=O) groups is 2. The van der Waals surface area contributed by atoms with Crippen LogP contribution in [0.3, 0.4) is 0 Å². The molecule has 0 spiro atoms. The molecule has 0 aromatic carbocycles. The van der Waals surface area contributed by atoms with Gasteiger partial charge in [-0.05, 0) is 12.8 Å². The number of ether oxygens (including phenoxy) is 2. The van der Waals surface area contributed by atoms with Gasteiger partial charge in [0.25, 0.3) is 0 Å². The quantitative estimate of drug-likeness (QED) is 0.0934. The Balaban J connectivity index is -0.00000264. The first kappa shape index (κ1) is 31.0. The Morgan fingerprint density at radius 3 is 1.19 bits per heavy atom. The molecule has 0 heterocycles. The molecule has 0 aromatic heterocycles. The van der Waals surface area contributed by atoms with Crippen LogP contribution in [-0.2, 0) is 19.1 Å². The number of rotatable bonds is 13. The third-order valence-corrected chi connectivity index (χ3v) is 3.56. The summed E-state index contributed by atoms with van der Waals surface area (Å²) in [4.78, 5) is 23.1. The van der Waals surface area contributed by atoms with Crippen molar-refractivity contribution in [2.24, 2.45) is 0 Å². The molecule has 0 aromatic rings. The fourth-order valence-electron chi connectivity index (χ4n) is 1.90. The number of likely N-dealkylation sites (N-methyl/N-ethyl adjacent to an activating group) is 2. The van der Waals surface area contributed by atoms with E-state index in [-0.39, 0.29) is 59.9 Å². The first-order chi connectivity index (χ1) is 11.0. The third-order valence-electron chi connectivity index (χ3n) is 3.56. The van der Waals surface area contributed by atoms with E-state index in [4.69, 9.17) is 9.47 Å². The monoisotopic (exact) mass is 600 g/mol. The van der Waals surface area contributed by atoms with Crippen LogP contribution in [0.1, 0.15) is 38.5 Å². The number of unbranched alkanes of at least 4 members (excludes halogenated alkanes) is 3. The molecule has 0 atom stereocenters. The molecule has 0 amide bonds. The van der Waals surface area contributed by atoms with Gasteiger partial charge in [0.15, 0.2) is 0 Å². The van der Waals surface area contributed by atoms with E-state index < -0.39 is 0 Å². The predicted molar refractivity (Wildman–Crippen MR) is 95.4 cm³/mol. The fraction of sp³-hybridized carbons (Fsp3) is 0.889. The van der Waals surface area contributed by atoms with E-state index in [1.165, 1.54) is 0 Å². The maximum atomic E-state index is 11.6. The number of nitrogens with zero attached hydrogens (tertiary/aromatic N) is 2. The molecular formula is C18H38I2N2O4. The minimum Gasteiger partial charge on any atom is -1.00 e. The lowest BCUT2D eigenvalue weighted by Gasteiger charge is -2.23. The lowest BCUT2D eigenvalue weighted by atomic mass is 10.1. The van der Waals surface area contributed by atoms with Crippen molar-refractivity contribution in [1.82, 2.24) is 0 Å². The topological polar surface area (TPSA) is 52.6 Å². The summed E-state index contributed by atoms with van der Waals surface area (Å²) in [6.45, 7) is 2.59. The van der Waals surface area contributed by atoms with Gasteiger partial charge in [-0.3, -0.25) is 9.59 Å². The highest BCUT2D eigenvalue weighted by atomic mass is 127. The van der Waals surface area contributed by atoms with Crippen molar-refractivity contribution >= 4 is 11.9 Å². The Kier molecular flexibility index (Phi) is 19.4. The number of esters is 2. The van der Waals surface area contributed by atoms with E-state index in [0.29, 0.717) is 26.1 Å². The molecule has 0 aliphatic carbocycles. The molecule has 0 fully saturated rings. The lowest BCUT2D eigenvalue weighted by Crippen LogP contribution is -3.00. The third kappa shape index (κ3) is 24.3. The zero-order valence-electron chi connectivity index (χ0n) is 17.4. The van der Waals surface area contributed by atoms with Crippen molar-refractivity contribution in [3.63, 3.8) is 0 Å². The molecule has 0 N–H and O–H groups in total. The number of halogens is 2. The highest BCUT2D eigenvalue weighted by Gasteiger charge is 2.10. The van der Waals surface area contributed by atoms with Crippen molar-refractivity contribution in [1.29, 1.82) is 0 Å². The van der Waals surface area contributed by atoms with Crippen LogP contribution in [0.2, 0.25) is 0 Å². The zero-order chi connectivity index (χ0) is 18.6. The summed E-state index contributed by atoms with van der Waals surface area (Å²) in [5.74, 6) is -0.244. The summed E-state index contributed by atoms with van der Waals surface area (Å²) in [5.41, 5.74) is 0. The highest BCUT2D eigenvalue weighted by molar-refractivity contribution is 5.69. The van der Waals surface area contributed by atoms with Crippen LogP contribution in [-0.4, -0.2) is 89.5 Å². The minimum atomic E-state index is -0.122. The number of quaternary nitrogens is 2. The van der Waals surface area contributed by atoms with Crippen LogP contribution in [0.4, 0.5) is 0 Å². The van der Waals surface area contributed by atoms with Crippen LogP contribution in [0.15, 0.2) is 0 Å². The largest absolute Gasteiger partial charge is 1.00 e. The average molecular weight is 600 g/mol. The van der Waals surface area contributed by atoms with Crippen molar-refractivity contribution in [3.8, 4) is 0 Å².